The molecular weight excluding hydrogens is 150 g/mol. The topological polar surface area (TPSA) is 43.3 Å². The van der Waals surface area contributed by atoms with Crippen LogP contribution in [0.5, 0.6) is 0 Å². The van der Waals surface area contributed by atoms with Gasteiger partial charge in [-0.25, -0.2) is 4.98 Å². The highest BCUT2D eigenvalue weighted by Crippen LogP contribution is 2.13. The smallest absolute Gasteiger partial charge is 0.138 e. The van der Waals surface area contributed by atoms with Crippen LogP contribution in [0, 0.1) is 13.8 Å². The molecule has 2 aromatic rings. The molecule has 0 aliphatic rings. The number of pyridine rings is 1. The minimum atomic E-state index is 0.697. The van der Waals surface area contributed by atoms with Crippen LogP contribution in [0.4, 0.5) is 5.82 Å². The normalized spacial score (nSPS) is 10.8. The first-order valence-electron chi connectivity index (χ1n) is 3.88. The van der Waals surface area contributed by atoms with Gasteiger partial charge in [-0.1, -0.05) is 0 Å². The van der Waals surface area contributed by atoms with Gasteiger partial charge in [-0.2, -0.15) is 0 Å². The van der Waals surface area contributed by atoms with Gasteiger partial charge >= 0.3 is 0 Å². The Labute approximate surface area is 70.8 Å². The molecule has 0 saturated carbocycles. The highest BCUT2D eigenvalue weighted by molar-refractivity contribution is 5.51. The molecule has 0 aliphatic heterocycles. The van der Waals surface area contributed by atoms with Gasteiger partial charge in [-0.3, -0.25) is 4.40 Å². The van der Waals surface area contributed by atoms with E-state index in [1.165, 1.54) is 5.56 Å². The lowest BCUT2D eigenvalue weighted by Gasteiger charge is -2.02. The maximum Gasteiger partial charge on any atom is 0.138 e. The molecule has 0 bridgehead atoms. The number of nitrogen functional groups attached to an aromatic ring is 1. The molecule has 62 valence electrons. The predicted molar refractivity (Wildman–Crippen MR) is 49.1 cm³/mol. The van der Waals surface area contributed by atoms with Crippen molar-refractivity contribution in [1.82, 2.24) is 9.38 Å². The average molecular weight is 161 g/mol. The van der Waals surface area contributed by atoms with E-state index in [1.807, 2.05) is 17.4 Å². The Bertz CT molecular complexity index is 429. The Morgan fingerprint density at radius 2 is 2.08 bits per heavy atom. The number of nitrogens with two attached hydrogens (primary N) is 1. The number of aromatic nitrogens is 2. The van der Waals surface area contributed by atoms with Crippen LogP contribution in [0.2, 0.25) is 0 Å². The summed E-state index contributed by atoms with van der Waals surface area (Å²) >= 11 is 0. The monoisotopic (exact) mass is 161 g/mol. The van der Waals surface area contributed by atoms with Crippen LogP contribution >= 0.6 is 0 Å². The Morgan fingerprint density at radius 1 is 1.33 bits per heavy atom. The van der Waals surface area contributed by atoms with Crippen molar-refractivity contribution in [2.75, 3.05) is 5.73 Å². The fourth-order valence-electron chi connectivity index (χ4n) is 1.51. The van der Waals surface area contributed by atoms with E-state index in [0.717, 1.165) is 11.3 Å². The molecule has 3 heteroatoms. The van der Waals surface area contributed by atoms with Crippen molar-refractivity contribution < 1.29 is 0 Å². The third-order valence-electron chi connectivity index (χ3n) is 1.96. The molecule has 0 atom stereocenters. The molecule has 2 aromatic heterocycles. The zero-order chi connectivity index (χ0) is 8.72. The summed E-state index contributed by atoms with van der Waals surface area (Å²) in [5.41, 5.74) is 8.99. The Morgan fingerprint density at radius 3 is 2.83 bits per heavy atom. The zero-order valence-electron chi connectivity index (χ0n) is 7.20. The highest BCUT2D eigenvalue weighted by Gasteiger charge is 2.01. The van der Waals surface area contributed by atoms with E-state index in [4.69, 9.17) is 5.73 Å². The molecule has 0 fully saturated rings. The van der Waals surface area contributed by atoms with Crippen molar-refractivity contribution in [2.24, 2.45) is 0 Å². The van der Waals surface area contributed by atoms with Gasteiger partial charge in [0.05, 0.1) is 6.20 Å². The van der Waals surface area contributed by atoms with Gasteiger partial charge in [-0.05, 0) is 31.5 Å². The molecule has 2 N–H and O–H groups in total. The number of hydrogen-bond donors (Lipinski definition) is 1. The minimum absolute atomic E-state index is 0.697. The first-order valence-corrected chi connectivity index (χ1v) is 3.88. The van der Waals surface area contributed by atoms with E-state index in [9.17, 15) is 0 Å². The largest absolute Gasteiger partial charge is 0.383 e. The van der Waals surface area contributed by atoms with E-state index in [1.54, 1.807) is 6.20 Å². The van der Waals surface area contributed by atoms with Gasteiger partial charge < -0.3 is 5.73 Å². The molecule has 0 spiro atoms. The van der Waals surface area contributed by atoms with Crippen LogP contribution in [0.25, 0.3) is 5.65 Å². The minimum Gasteiger partial charge on any atom is -0.383 e. The van der Waals surface area contributed by atoms with Crippen molar-refractivity contribution in [1.29, 1.82) is 0 Å². The molecule has 0 radical (unpaired) electrons. The van der Waals surface area contributed by atoms with Gasteiger partial charge in [0.25, 0.3) is 0 Å². The third kappa shape index (κ3) is 0.863. The van der Waals surface area contributed by atoms with Gasteiger partial charge in [-0.15, -0.1) is 0 Å². The fraction of sp³-hybridized carbons (Fsp3) is 0.222. The van der Waals surface area contributed by atoms with Gasteiger partial charge in [0.1, 0.15) is 11.5 Å². The van der Waals surface area contributed by atoms with Crippen LogP contribution in [0.3, 0.4) is 0 Å². The molecule has 0 amide bonds. The van der Waals surface area contributed by atoms with Crippen molar-refractivity contribution in [3.05, 3.63) is 29.6 Å². The summed E-state index contributed by atoms with van der Waals surface area (Å²) in [5.74, 6) is 0.697. The van der Waals surface area contributed by atoms with Crippen LogP contribution in [-0.2, 0) is 0 Å². The van der Waals surface area contributed by atoms with E-state index in [0.29, 0.717) is 5.82 Å². The number of imidazole rings is 1. The molecule has 2 heterocycles. The third-order valence-corrected chi connectivity index (χ3v) is 1.96. The van der Waals surface area contributed by atoms with Crippen LogP contribution in [-0.4, -0.2) is 9.38 Å². The first-order chi connectivity index (χ1) is 5.68. The molecule has 0 saturated heterocycles. The summed E-state index contributed by atoms with van der Waals surface area (Å²) < 4.78 is 1.94. The lowest BCUT2D eigenvalue weighted by molar-refractivity contribution is 1.09. The van der Waals surface area contributed by atoms with Crippen molar-refractivity contribution in [3.8, 4) is 0 Å². The van der Waals surface area contributed by atoms with E-state index < -0.39 is 0 Å². The maximum absolute atomic E-state index is 5.73. The van der Waals surface area contributed by atoms with Crippen LogP contribution < -0.4 is 5.73 Å². The first kappa shape index (κ1) is 7.16. The molecule has 3 nitrogen and oxygen atoms in total. The number of fused-ring (bicyclic) bond motifs is 1. The van der Waals surface area contributed by atoms with E-state index >= 15 is 0 Å². The van der Waals surface area contributed by atoms with Gasteiger partial charge in [0, 0.05) is 5.69 Å². The fourth-order valence-corrected chi connectivity index (χ4v) is 1.51. The lowest BCUT2D eigenvalue weighted by atomic mass is 10.2. The summed E-state index contributed by atoms with van der Waals surface area (Å²) in [4.78, 5) is 4.18. The van der Waals surface area contributed by atoms with Gasteiger partial charge in [0.15, 0.2) is 0 Å². The second-order valence-corrected chi connectivity index (χ2v) is 3.05. The summed E-state index contributed by atoms with van der Waals surface area (Å²) in [5, 5.41) is 0. The standard InChI is InChI=1S/C9H11N3/c1-6-3-7(2)12-8(10)5-11-9(12)4-6/h3-5H,10H2,1-2H3. The number of hydrogen-bond acceptors (Lipinski definition) is 2. The zero-order valence-corrected chi connectivity index (χ0v) is 7.20. The molecule has 0 unspecified atom stereocenters. The van der Waals surface area contributed by atoms with Crippen molar-refractivity contribution in [3.63, 3.8) is 0 Å². The van der Waals surface area contributed by atoms with Gasteiger partial charge in [0.2, 0.25) is 0 Å². The molecule has 0 aliphatic carbocycles. The summed E-state index contributed by atoms with van der Waals surface area (Å²) in [6, 6.07) is 4.11. The van der Waals surface area contributed by atoms with Crippen LogP contribution in [0.1, 0.15) is 11.3 Å². The number of anilines is 1. The van der Waals surface area contributed by atoms with Crippen molar-refractivity contribution in [2.45, 2.75) is 13.8 Å². The second kappa shape index (κ2) is 2.24. The lowest BCUT2D eigenvalue weighted by Crippen LogP contribution is -1.96. The predicted octanol–water partition coefficient (Wildman–Crippen LogP) is 1.53. The van der Waals surface area contributed by atoms with E-state index in [-0.39, 0.29) is 0 Å². The van der Waals surface area contributed by atoms with Crippen molar-refractivity contribution >= 4 is 11.5 Å². The average Bonchev–Trinajstić information content (AvgIpc) is 2.31. The maximum atomic E-state index is 5.73. The Kier molecular flexibility index (Phi) is 1.33. The summed E-state index contributed by atoms with van der Waals surface area (Å²) in [6.07, 6.45) is 1.68. The molecule has 12 heavy (non-hydrogen) atoms. The number of rotatable bonds is 0. The number of nitrogens with zero attached hydrogens (tertiary/aromatic N) is 2. The summed E-state index contributed by atoms with van der Waals surface area (Å²) in [7, 11) is 0. The highest BCUT2D eigenvalue weighted by atomic mass is 15.1. The van der Waals surface area contributed by atoms with E-state index in [2.05, 4.69) is 18.0 Å². The summed E-state index contributed by atoms with van der Waals surface area (Å²) in [6.45, 7) is 4.08. The quantitative estimate of drug-likeness (QED) is 0.636. The Balaban J connectivity index is 2.93. The number of aryl methyl sites for hydroxylation is 2. The van der Waals surface area contributed by atoms with Crippen LogP contribution in [0.15, 0.2) is 18.3 Å². The molecule has 2 rings (SSSR count). The Hall–Kier alpha value is -1.51. The molecular formula is C9H11N3. The second-order valence-electron chi connectivity index (χ2n) is 3.05. The molecule has 0 aromatic carbocycles. The SMILES string of the molecule is Cc1cc(C)n2c(N)cnc2c1.